The lowest BCUT2D eigenvalue weighted by Gasteiger charge is -2.24. The van der Waals surface area contributed by atoms with Gasteiger partial charge in [0.05, 0.1) is 16.9 Å². The highest BCUT2D eigenvalue weighted by Crippen LogP contribution is 2.43. The summed E-state index contributed by atoms with van der Waals surface area (Å²) in [5.41, 5.74) is 2.07. The molecule has 1 N–H and O–H groups in total. The first kappa shape index (κ1) is 17.9. The second kappa shape index (κ2) is 7.28. The largest absolute Gasteiger partial charge is 0.467 e. The Kier molecular flexibility index (Phi) is 4.66. The van der Waals surface area contributed by atoms with Gasteiger partial charge in [0.25, 0.3) is 11.6 Å². The highest BCUT2D eigenvalue weighted by molar-refractivity contribution is 6.00. The number of hydrogen-bond acceptors (Lipinski definition) is 6. The number of ether oxygens (including phenoxy) is 1. The van der Waals surface area contributed by atoms with Crippen molar-refractivity contribution < 1.29 is 18.9 Å². The molecule has 0 radical (unpaired) electrons. The molecular formula is C19H18N4O5. The van der Waals surface area contributed by atoms with Gasteiger partial charge < -0.3 is 14.1 Å². The predicted octanol–water partition coefficient (Wildman–Crippen LogP) is 3.16. The van der Waals surface area contributed by atoms with E-state index < -0.39 is 11.0 Å². The summed E-state index contributed by atoms with van der Waals surface area (Å²) in [6, 6.07) is 9.32. The van der Waals surface area contributed by atoms with Crippen molar-refractivity contribution in [2.75, 3.05) is 20.3 Å². The number of nitrogens with zero attached hydrogens (tertiary/aromatic N) is 3. The van der Waals surface area contributed by atoms with Gasteiger partial charge in [0, 0.05) is 43.5 Å². The van der Waals surface area contributed by atoms with Crippen LogP contribution in [-0.4, -0.2) is 46.2 Å². The molecule has 0 aliphatic carbocycles. The number of hydrogen-bond donors (Lipinski definition) is 1. The quantitative estimate of drug-likeness (QED) is 0.381. The lowest BCUT2D eigenvalue weighted by Crippen LogP contribution is -2.31. The van der Waals surface area contributed by atoms with E-state index in [0.29, 0.717) is 47.8 Å². The number of carbonyl (C=O) groups is 1. The molecule has 1 aliphatic heterocycles. The third-order valence-electron chi connectivity index (χ3n) is 4.75. The van der Waals surface area contributed by atoms with Crippen LogP contribution in [0.25, 0.3) is 11.3 Å². The minimum atomic E-state index is -0.456. The molecule has 0 saturated heterocycles. The van der Waals surface area contributed by atoms with E-state index in [-0.39, 0.29) is 11.6 Å². The van der Waals surface area contributed by atoms with Crippen molar-refractivity contribution >= 4 is 11.6 Å². The Balaban J connectivity index is 1.80. The van der Waals surface area contributed by atoms with E-state index in [2.05, 4.69) is 10.2 Å². The molecule has 0 saturated carbocycles. The molecule has 9 nitrogen and oxygen atoms in total. The minimum absolute atomic E-state index is 0.0370. The number of H-pyrrole nitrogens is 1. The zero-order chi connectivity index (χ0) is 19.7. The van der Waals surface area contributed by atoms with Crippen LogP contribution in [0.1, 0.15) is 34.3 Å². The zero-order valence-electron chi connectivity index (χ0n) is 15.1. The Bertz CT molecular complexity index is 1010. The highest BCUT2D eigenvalue weighted by Gasteiger charge is 2.43. The topological polar surface area (TPSA) is 114 Å². The van der Waals surface area contributed by atoms with Crippen LogP contribution in [0.4, 0.5) is 5.69 Å². The van der Waals surface area contributed by atoms with Gasteiger partial charge in [-0.25, -0.2) is 0 Å². The maximum Gasteiger partial charge on any atom is 0.273 e. The number of benzene rings is 1. The van der Waals surface area contributed by atoms with Gasteiger partial charge in [-0.05, 0) is 18.6 Å². The summed E-state index contributed by atoms with van der Waals surface area (Å²) in [6.45, 7) is 1.01. The van der Waals surface area contributed by atoms with Gasteiger partial charge in [-0.1, -0.05) is 12.1 Å². The maximum atomic E-state index is 13.0. The second-order valence-electron chi connectivity index (χ2n) is 6.43. The summed E-state index contributed by atoms with van der Waals surface area (Å²) >= 11 is 0. The fourth-order valence-corrected chi connectivity index (χ4v) is 3.54. The Labute approximate surface area is 160 Å². The predicted molar refractivity (Wildman–Crippen MR) is 98.8 cm³/mol. The van der Waals surface area contributed by atoms with Crippen molar-refractivity contribution in [3.8, 4) is 11.3 Å². The number of methoxy groups -OCH3 is 1. The summed E-state index contributed by atoms with van der Waals surface area (Å²) in [6.07, 6.45) is 2.22. The van der Waals surface area contributed by atoms with E-state index in [1.54, 1.807) is 42.5 Å². The van der Waals surface area contributed by atoms with Crippen LogP contribution >= 0.6 is 0 Å². The average Bonchev–Trinajstić information content (AvgIpc) is 3.41. The summed E-state index contributed by atoms with van der Waals surface area (Å²) in [5.74, 6) is 0.425. The van der Waals surface area contributed by atoms with Crippen molar-refractivity contribution in [3.63, 3.8) is 0 Å². The van der Waals surface area contributed by atoms with Gasteiger partial charge in [0.15, 0.2) is 0 Å². The SMILES string of the molecule is COCCCN1C(=O)c2[nH]nc(-c3cccc([N+](=O)[O-])c3)c2C1c1ccco1. The Morgan fingerprint density at radius 3 is 2.93 bits per heavy atom. The van der Waals surface area contributed by atoms with E-state index in [4.69, 9.17) is 9.15 Å². The molecule has 0 spiro atoms. The molecule has 1 unspecified atom stereocenters. The summed E-state index contributed by atoms with van der Waals surface area (Å²) in [4.78, 5) is 25.4. The average molecular weight is 382 g/mol. The lowest BCUT2D eigenvalue weighted by molar-refractivity contribution is -0.384. The van der Waals surface area contributed by atoms with Gasteiger partial charge >= 0.3 is 0 Å². The molecule has 144 valence electrons. The Morgan fingerprint density at radius 2 is 2.21 bits per heavy atom. The standard InChI is InChI=1S/C19H18N4O5/c1-27-9-4-8-22-18(14-7-3-10-28-14)15-16(20-21-17(15)19(22)24)12-5-2-6-13(11-12)23(25)26/h2-3,5-7,10-11,18H,4,8-9H2,1H3,(H,20,21). The monoisotopic (exact) mass is 382 g/mol. The molecule has 3 aromatic rings. The molecule has 28 heavy (non-hydrogen) atoms. The molecule has 1 atom stereocenters. The van der Waals surface area contributed by atoms with Gasteiger partial charge in [0.1, 0.15) is 17.5 Å². The van der Waals surface area contributed by atoms with Crippen molar-refractivity contribution in [1.82, 2.24) is 15.1 Å². The van der Waals surface area contributed by atoms with E-state index in [1.165, 1.54) is 12.1 Å². The van der Waals surface area contributed by atoms with Crippen molar-refractivity contribution in [2.24, 2.45) is 0 Å². The summed E-state index contributed by atoms with van der Waals surface area (Å²) in [5, 5.41) is 18.2. The van der Waals surface area contributed by atoms with E-state index in [9.17, 15) is 14.9 Å². The number of non-ortho nitro benzene ring substituents is 1. The molecule has 1 amide bonds. The fourth-order valence-electron chi connectivity index (χ4n) is 3.54. The third-order valence-corrected chi connectivity index (χ3v) is 4.75. The molecule has 3 heterocycles. The van der Waals surface area contributed by atoms with Gasteiger partial charge in [-0.3, -0.25) is 20.0 Å². The van der Waals surface area contributed by atoms with Crippen molar-refractivity contribution in [3.05, 3.63) is 69.8 Å². The number of nitro groups is 1. The van der Waals surface area contributed by atoms with Crippen LogP contribution in [0, 0.1) is 10.1 Å². The number of carbonyl (C=O) groups excluding carboxylic acids is 1. The first-order valence-electron chi connectivity index (χ1n) is 8.78. The number of nitrogens with one attached hydrogen (secondary N) is 1. The smallest absolute Gasteiger partial charge is 0.273 e. The molecule has 1 aliphatic rings. The number of rotatable bonds is 7. The molecule has 1 aromatic carbocycles. The second-order valence-corrected chi connectivity index (χ2v) is 6.43. The normalized spacial score (nSPS) is 15.8. The van der Waals surface area contributed by atoms with Crippen LogP contribution in [0.3, 0.4) is 0 Å². The van der Waals surface area contributed by atoms with E-state index >= 15 is 0 Å². The highest BCUT2D eigenvalue weighted by atomic mass is 16.6. The summed E-state index contributed by atoms with van der Waals surface area (Å²) in [7, 11) is 1.61. The minimum Gasteiger partial charge on any atom is -0.467 e. The van der Waals surface area contributed by atoms with Crippen LogP contribution in [0.5, 0.6) is 0 Å². The third kappa shape index (κ3) is 2.95. The number of aromatic amines is 1. The molecule has 2 aromatic heterocycles. The van der Waals surface area contributed by atoms with Crippen LogP contribution in [-0.2, 0) is 4.74 Å². The van der Waals surface area contributed by atoms with Gasteiger partial charge in [0.2, 0.25) is 0 Å². The van der Waals surface area contributed by atoms with Gasteiger partial charge in [-0.15, -0.1) is 0 Å². The fraction of sp³-hybridized carbons (Fsp3) is 0.263. The van der Waals surface area contributed by atoms with Gasteiger partial charge in [-0.2, -0.15) is 5.10 Å². The number of aromatic nitrogens is 2. The first-order chi connectivity index (χ1) is 13.6. The van der Waals surface area contributed by atoms with Crippen molar-refractivity contribution in [2.45, 2.75) is 12.5 Å². The summed E-state index contributed by atoms with van der Waals surface area (Å²) < 4.78 is 10.7. The van der Waals surface area contributed by atoms with E-state index in [0.717, 1.165) is 0 Å². The van der Waals surface area contributed by atoms with Crippen LogP contribution in [0.2, 0.25) is 0 Å². The number of amides is 1. The molecule has 9 heteroatoms. The molecular weight excluding hydrogens is 364 g/mol. The molecule has 4 rings (SSSR count). The molecule has 0 bridgehead atoms. The lowest BCUT2D eigenvalue weighted by atomic mass is 10.00. The van der Waals surface area contributed by atoms with Crippen LogP contribution < -0.4 is 0 Å². The number of nitro benzene ring substituents is 1. The van der Waals surface area contributed by atoms with Crippen LogP contribution in [0.15, 0.2) is 47.1 Å². The Hall–Kier alpha value is -3.46. The number of furan rings is 1. The maximum absolute atomic E-state index is 13.0. The van der Waals surface area contributed by atoms with Crippen molar-refractivity contribution in [1.29, 1.82) is 0 Å². The van der Waals surface area contributed by atoms with E-state index in [1.807, 2.05) is 0 Å². The zero-order valence-corrected chi connectivity index (χ0v) is 15.1. The first-order valence-corrected chi connectivity index (χ1v) is 8.78. The molecule has 0 fully saturated rings. The Morgan fingerprint density at radius 1 is 1.36 bits per heavy atom. The number of fused-ring (bicyclic) bond motifs is 1.